The average molecular weight is 399 g/mol. The Hall–Kier alpha value is -2.81. The van der Waals surface area contributed by atoms with Crippen LogP contribution < -0.4 is 5.56 Å². The second kappa shape index (κ2) is 6.66. The van der Waals surface area contributed by atoms with Crippen LogP contribution in [0.3, 0.4) is 0 Å². The van der Waals surface area contributed by atoms with E-state index < -0.39 is 9.84 Å². The highest BCUT2D eigenvalue weighted by Crippen LogP contribution is 2.34. The average Bonchev–Trinajstić information content (AvgIpc) is 3.19. The second-order valence-corrected chi connectivity index (χ2v) is 8.92. The van der Waals surface area contributed by atoms with Gasteiger partial charge in [0.25, 0.3) is 5.56 Å². The number of aryl methyl sites for hydroxylation is 1. The van der Waals surface area contributed by atoms with Gasteiger partial charge >= 0.3 is 0 Å². The van der Waals surface area contributed by atoms with Gasteiger partial charge in [0, 0.05) is 24.1 Å². The lowest BCUT2D eigenvalue weighted by molar-refractivity contribution is 0.584. The fraction of sp³-hybridized carbons (Fsp3) is 0.368. The molecular weight excluding hydrogens is 378 g/mol. The molecule has 9 heteroatoms. The number of allylic oxidation sites excluding steroid dienone is 1. The van der Waals surface area contributed by atoms with E-state index in [2.05, 4.69) is 23.5 Å². The lowest BCUT2D eigenvalue weighted by atomic mass is 10.0. The Morgan fingerprint density at radius 1 is 1.32 bits per heavy atom. The molecule has 28 heavy (non-hydrogen) atoms. The largest absolute Gasteiger partial charge is 0.278 e. The van der Waals surface area contributed by atoms with Crippen molar-refractivity contribution in [2.75, 3.05) is 6.26 Å². The van der Waals surface area contributed by atoms with E-state index in [4.69, 9.17) is 4.98 Å². The van der Waals surface area contributed by atoms with Crippen molar-refractivity contribution in [3.63, 3.8) is 0 Å². The minimum absolute atomic E-state index is 0.223. The van der Waals surface area contributed by atoms with Gasteiger partial charge in [-0.1, -0.05) is 19.1 Å². The molecule has 146 valence electrons. The molecule has 0 bridgehead atoms. The van der Waals surface area contributed by atoms with Crippen LogP contribution in [0.5, 0.6) is 0 Å². The second-order valence-electron chi connectivity index (χ2n) is 7.01. The van der Waals surface area contributed by atoms with Crippen molar-refractivity contribution in [3.05, 3.63) is 52.6 Å². The molecule has 0 amide bonds. The minimum Gasteiger partial charge on any atom is -0.267 e. The molecule has 3 aromatic heterocycles. The summed E-state index contributed by atoms with van der Waals surface area (Å²) in [5.74, 6) is 0.920. The number of pyridine rings is 1. The molecule has 0 N–H and O–H groups in total. The van der Waals surface area contributed by atoms with Crippen molar-refractivity contribution in [2.45, 2.75) is 43.8 Å². The van der Waals surface area contributed by atoms with E-state index in [0.717, 1.165) is 31.2 Å². The summed E-state index contributed by atoms with van der Waals surface area (Å²) in [6.07, 6.45) is 6.96. The normalized spacial score (nSPS) is 16.4. The first-order chi connectivity index (χ1) is 13.3. The van der Waals surface area contributed by atoms with Crippen molar-refractivity contribution in [2.24, 2.45) is 0 Å². The van der Waals surface area contributed by atoms with Gasteiger partial charge in [-0.05, 0) is 30.9 Å². The van der Waals surface area contributed by atoms with E-state index in [1.54, 1.807) is 10.8 Å². The fourth-order valence-electron chi connectivity index (χ4n) is 3.75. The summed E-state index contributed by atoms with van der Waals surface area (Å²) in [6, 6.07) is 3.87. The maximum absolute atomic E-state index is 12.9. The topological polar surface area (TPSA) is 99.7 Å². The Balaban J connectivity index is 2.03. The molecular formula is C19H21N5O3S. The molecule has 1 aliphatic rings. The number of fused-ring (bicyclic) bond motifs is 2. The standard InChI is InChI=1S/C19H21N5O3S/c1-4-10-23-18(25)14-11-20-19(28(3,26)27)22-17(14)24(23)15-9-8-13-7-6-12(5-2)16(13)21-15/h4,8-9,11-12H,1,5-7,10H2,2-3H3/t12-/m0/s1. The van der Waals surface area contributed by atoms with Crippen LogP contribution in [0.4, 0.5) is 0 Å². The van der Waals surface area contributed by atoms with E-state index in [1.165, 1.54) is 16.4 Å². The van der Waals surface area contributed by atoms with Gasteiger partial charge < -0.3 is 0 Å². The summed E-state index contributed by atoms with van der Waals surface area (Å²) in [6.45, 7) is 6.09. The first-order valence-corrected chi connectivity index (χ1v) is 11.0. The Morgan fingerprint density at radius 3 is 2.79 bits per heavy atom. The molecule has 1 aliphatic carbocycles. The predicted octanol–water partition coefficient (Wildman–Crippen LogP) is 2.01. The molecule has 0 unspecified atom stereocenters. The maximum Gasteiger partial charge on any atom is 0.278 e. The smallest absolute Gasteiger partial charge is 0.267 e. The molecule has 8 nitrogen and oxygen atoms in total. The molecule has 3 heterocycles. The zero-order valence-electron chi connectivity index (χ0n) is 15.8. The maximum atomic E-state index is 12.9. The van der Waals surface area contributed by atoms with Gasteiger partial charge in [-0.2, -0.15) is 4.98 Å². The van der Waals surface area contributed by atoms with Crippen LogP contribution in [-0.2, 0) is 22.8 Å². The van der Waals surface area contributed by atoms with E-state index in [-0.39, 0.29) is 28.3 Å². The lowest BCUT2D eigenvalue weighted by Gasteiger charge is -2.13. The molecule has 4 rings (SSSR count). The number of hydrogen-bond acceptors (Lipinski definition) is 6. The zero-order chi connectivity index (χ0) is 20.1. The van der Waals surface area contributed by atoms with Crippen LogP contribution in [0.25, 0.3) is 16.9 Å². The summed E-state index contributed by atoms with van der Waals surface area (Å²) in [4.78, 5) is 25.7. The van der Waals surface area contributed by atoms with E-state index in [1.807, 2.05) is 12.1 Å². The first kappa shape index (κ1) is 18.5. The van der Waals surface area contributed by atoms with Gasteiger partial charge in [-0.15, -0.1) is 6.58 Å². The summed E-state index contributed by atoms with van der Waals surface area (Å²) in [5, 5.41) is -0.0827. The lowest BCUT2D eigenvalue weighted by Crippen LogP contribution is -2.22. The molecule has 0 aliphatic heterocycles. The van der Waals surface area contributed by atoms with E-state index in [9.17, 15) is 13.2 Å². The van der Waals surface area contributed by atoms with Crippen LogP contribution in [0, 0.1) is 0 Å². The highest BCUT2D eigenvalue weighted by molar-refractivity contribution is 7.90. The highest BCUT2D eigenvalue weighted by Gasteiger charge is 2.25. The highest BCUT2D eigenvalue weighted by atomic mass is 32.2. The Kier molecular flexibility index (Phi) is 4.41. The zero-order valence-corrected chi connectivity index (χ0v) is 16.6. The molecule has 0 saturated heterocycles. The van der Waals surface area contributed by atoms with Crippen molar-refractivity contribution in [1.29, 1.82) is 0 Å². The quantitative estimate of drug-likeness (QED) is 0.481. The van der Waals surface area contributed by atoms with Crippen LogP contribution in [0.1, 0.15) is 36.9 Å². The number of aromatic nitrogens is 5. The molecule has 0 aromatic carbocycles. The van der Waals surface area contributed by atoms with Crippen molar-refractivity contribution in [1.82, 2.24) is 24.3 Å². The predicted molar refractivity (Wildman–Crippen MR) is 106 cm³/mol. The summed E-state index contributed by atoms with van der Waals surface area (Å²) >= 11 is 0. The van der Waals surface area contributed by atoms with Gasteiger partial charge in [0.1, 0.15) is 5.39 Å². The van der Waals surface area contributed by atoms with E-state index in [0.29, 0.717) is 11.7 Å². The number of hydrogen-bond donors (Lipinski definition) is 0. The van der Waals surface area contributed by atoms with Gasteiger partial charge in [0.2, 0.25) is 15.0 Å². The van der Waals surface area contributed by atoms with Gasteiger partial charge in [-0.3, -0.25) is 4.79 Å². The summed E-state index contributed by atoms with van der Waals surface area (Å²) < 4.78 is 26.9. The van der Waals surface area contributed by atoms with Gasteiger partial charge in [-0.25, -0.2) is 27.7 Å². The molecule has 0 saturated carbocycles. The van der Waals surface area contributed by atoms with Crippen molar-refractivity contribution < 1.29 is 8.42 Å². The molecule has 0 radical (unpaired) electrons. The summed E-state index contributed by atoms with van der Waals surface area (Å²) in [5.41, 5.74) is 2.16. The monoisotopic (exact) mass is 399 g/mol. The van der Waals surface area contributed by atoms with Crippen LogP contribution in [0.15, 0.2) is 40.9 Å². The Bertz CT molecular complexity index is 1260. The minimum atomic E-state index is -3.62. The third-order valence-electron chi connectivity index (χ3n) is 5.14. The molecule has 0 fully saturated rings. The third-order valence-corrected chi connectivity index (χ3v) is 6.00. The number of rotatable bonds is 5. The van der Waals surface area contributed by atoms with Crippen LogP contribution in [-0.4, -0.2) is 39.0 Å². The summed E-state index contributed by atoms with van der Waals surface area (Å²) in [7, 11) is -3.62. The van der Waals surface area contributed by atoms with Gasteiger partial charge in [0.05, 0.1) is 6.54 Å². The Labute approximate surface area is 162 Å². The van der Waals surface area contributed by atoms with Gasteiger partial charge in [0.15, 0.2) is 11.5 Å². The third kappa shape index (κ3) is 2.86. The fourth-order valence-corrected chi connectivity index (χ4v) is 4.25. The van der Waals surface area contributed by atoms with Crippen LogP contribution >= 0.6 is 0 Å². The van der Waals surface area contributed by atoms with Crippen molar-refractivity contribution >= 4 is 20.9 Å². The number of sulfone groups is 1. The molecule has 0 spiro atoms. The first-order valence-electron chi connectivity index (χ1n) is 9.14. The number of nitrogens with zero attached hydrogens (tertiary/aromatic N) is 5. The SMILES string of the molecule is C=CCn1c(=O)c2cnc(S(C)(=O)=O)nc2n1-c1ccc2c(n1)[C@@H](CC)CC2. The van der Waals surface area contributed by atoms with E-state index >= 15 is 0 Å². The van der Waals surface area contributed by atoms with Crippen molar-refractivity contribution in [3.8, 4) is 5.82 Å². The Morgan fingerprint density at radius 2 is 2.11 bits per heavy atom. The molecule has 1 atom stereocenters. The molecule has 3 aromatic rings. The van der Waals surface area contributed by atoms with Crippen LogP contribution in [0.2, 0.25) is 0 Å².